The van der Waals surface area contributed by atoms with E-state index in [9.17, 15) is 8.42 Å². The van der Waals surface area contributed by atoms with Gasteiger partial charge in [-0.2, -0.15) is 0 Å². The van der Waals surface area contributed by atoms with Crippen molar-refractivity contribution < 1.29 is 8.42 Å². The standard InChI is InChI=1S/C23H25N3O2S/c27-29(28,23-9-5-2-6-10-23)24-21-13-11-20(12-14-21)19-25-15-17-26(18-16-25)22-7-3-1-4-8-22/h1-14,24H,15-19H2. The molecule has 4 rings (SSSR count). The zero-order valence-corrected chi connectivity index (χ0v) is 17.1. The molecule has 1 N–H and O–H groups in total. The summed E-state index contributed by atoms with van der Waals surface area (Å²) >= 11 is 0. The first kappa shape index (κ1) is 19.5. The maximum Gasteiger partial charge on any atom is 0.261 e. The van der Waals surface area contributed by atoms with Gasteiger partial charge in [0, 0.05) is 44.1 Å². The molecule has 3 aromatic rings. The van der Waals surface area contributed by atoms with E-state index < -0.39 is 10.0 Å². The van der Waals surface area contributed by atoms with Crippen LogP contribution in [0.2, 0.25) is 0 Å². The minimum atomic E-state index is -3.55. The summed E-state index contributed by atoms with van der Waals surface area (Å²) in [5, 5.41) is 0. The number of nitrogens with one attached hydrogen (secondary N) is 1. The quantitative estimate of drug-likeness (QED) is 0.675. The Morgan fingerprint density at radius 2 is 1.31 bits per heavy atom. The van der Waals surface area contributed by atoms with Crippen LogP contribution >= 0.6 is 0 Å². The van der Waals surface area contributed by atoms with E-state index in [1.165, 1.54) is 11.3 Å². The summed E-state index contributed by atoms with van der Waals surface area (Å²) in [5.41, 5.74) is 3.04. The first-order chi connectivity index (χ1) is 14.1. The van der Waals surface area contributed by atoms with Crippen LogP contribution in [0.4, 0.5) is 11.4 Å². The first-order valence-corrected chi connectivity index (χ1v) is 11.3. The Bertz CT molecular complexity index is 1010. The first-order valence-electron chi connectivity index (χ1n) is 9.79. The molecule has 5 nitrogen and oxygen atoms in total. The smallest absolute Gasteiger partial charge is 0.261 e. The van der Waals surface area contributed by atoms with Gasteiger partial charge in [-0.25, -0.2) is 8.42 Å². The van der Waals surface area contributed by atoms with Crippen molar-refractivity contribution in [3.63, 3.8) is 0 Å². The summed E-state index contributed by atoms with van der Waals surface area (Å²) in [7, 11) is -3.55. The van der Waals surface area contributed by atoms with Crippen LogP contribution in [0.3, 0.4) is 0 Å². The van der Waals surface area contributed by atoms with E-state index in [-0.39, 0.29) is 4.90 Å². The molecule has 29 heavy (non-hydrogen) atoms. The molecule has 0 aromatic heterocycles. The highest BCUT2D eigenvalue weighted by Gasteiger charge is 2.17. The lowest BCUT2D eigenvalue weighted by Crippen LogP contribution is -2.45. The van der Waals surface area contributed by atoms with Gasteiger partial charge >= 0.3 is 0 Å². The fraction of sp³-hybridized carbons (Fsp3) is 0.217. The van der Waals surface area contributed by atoms with E-state index in [1.807, 2.05) is 30.3 Å². The maximum atomic E-state index is 12.4. The number of benzene rings is 3. The third-order valence-electron chi connectivity index (χ3n) is 5.16. The lowest BCUT2D eigenvalue weighted by Gasteiger charge is -2.36. The normalized spacial score (nSPS) is 15.2. The van der Waals surface area contributed by atoms with Crippen molar-refractivity contribution in [3.8, 4) is 0 Å². The summed E-state index contributed by atoms with van der Waals surface area (Å²) in [6.45, 7) is 4.92. The summed E-state index contributed by atoms with van der Waals surface area (Å²) in [6, 6.07) is 26.6. The Morgan fingerprint density at radius 1 is 0.724 bits per heavy atom. The Balaban J connectivity index is 1.32. The molecule has 0 saturated carbocycles. The highest BCUT2D eigenvalue weighted by Crippen LogP contribution is 2.19. The van der Waals surface area contributed by atoms with Crippen molar-refractivity contribution in [2.45, 2.75) is 11.4 Å². The SMILES string of the molecule is O=S(=O)(Nc1ccc(CN2CCN(c3ccccc3)CC2)cc1)c1ccccc1. The largest absolute Gasteiger partial charge is 0.369 e. The van der Waals surface area contributed by atoms with E-state index in [1.54, 1.807) is 30.3 Å². The van der Waals surface area contributed by atoms with Crippen molar-refractivity contribution in [2.24, 2.45) is 0 Å². The van der Waals surface area contributed by atoms with Gasteiger partial charge in [-0.3, -0.25) is 9.62 Å². The van der Waals surface area contributed by atoms with Gasteiger partial charge < -0.3 is 4.90 Å². The molecule has 0 spiro atoms. The number of para-hydroxylation sites is 1. The van der Waals surface area contributed by atoms with Crippen LogP contribution in [-0.2, 0) is 16.6 Å². The molecular weight excluding hydrogens is 382 g/mol. The molecule has 3 aromatic carbocycles. The molecule has 1 heterocycles. The van der Waals surface area contributed by atoms with Crippen molar-refractivity contribution in [2.75, 3.05) is 35.8 Å². The van der Waals surface area contributed by atoms with Crippen LogP contribution in [0.5, 0.6) is 0 Å². The van der Waals surface area contributed by atoms with Gasteiger partial charge in [0.15, 0.2) is 0 Å². The van der Waals surface area contributed by atoms with Crippen molar-refractivity contribution in [1.82, 2.24) is 4.90 Å². The zero-order valence-electron chi connectivity index (χ0n) is 16.2. The highest BCUT2D eigenvalue weighted by molar-refractivity contribution is 7.92. The van der Waals surface area contributed by atoms with Crippen LogP contribution < -0.4 is 9.62 Å². The number of hydrogen-bond donors (Lipinski definition) is 1. The molecule has 1 fully saturated rings. The molecule has 150 valence electrons. The van der Waals surface area contributed by atoms with Crippen molar-refractivity contribution >= 4 is 21.4 Å². The molecule has 0 aliphatic carbocycles. The average Bonchev–Trinajstić information content (AvgIpc) is 2.77. The molecule has 1 saturated heterocycles. The monoisotopic (exact) mass is 407 g/mol. The van der Waals surface area contributed by atoms with E-state index in [0.717, 1.165) is 32.7 Å². The van der Waals surface area contributed by atoms with Gasteiger partial charge in [0.05, 0.1) is 4.90 Å². The molecular formula is C23H25N3O2S. The van der Waals surface area contributed by atoms with Crippen LogP contribution in [0.1, 0.15) is 5.56 Å². The minimum Gasteiger partial charge on any atom is -0.369 e. The van der Waals surface area contributed by atoms with Crippen LogP contribution in [0.15, 0.2) is 89.8 Å². The van der Waals surface area contributed by atoms with Crippen LogP contribution in [-0.4, -0.2) is 39.5 Å². The molecule has 0 bridgehead atoms. The van der Waals surface area contributed by atoms with Crippen LogP contribution in [0.25, 0.3) is 0 Å². The van der Waals surface area contributed by atoms with E-state index in [4.69, 9.17) is 0 Å². The molecule has 0 atom stereocenters. The second-order valence-corrected chi connectivity index (χ2v) is 8.90. The van der Waals surface area contributed by atoms with Crippen LogP contribution in [0, 0.1) is 0 Å². The van der Waals surface area contributed by atoms with Gasteiger partial charge in [-0.05, 0) is 42.0 Å². The molecule has 1 aliphatic heterocycles. The van der Waals surface area contributed by atoms with Gasteiger partial charge in [0.2, 0.25) is 0 Å². The van der Waals surface area contributed by atoms with Gasteiger partial charge in [0.1, 0.15) is 0 Å². The molecule has 0 amide bonds. The summed E-state index contributed by atoms with van der Waals surface area (Å²) < 4.78 is 27.5. The zero-order chi connectivity index (χ0) is 20.1. The predicted molar refractivity (Wildman–Crippen MR) is 118 cm³/mol. The lowest BCUT2D eigenvalue weighted by molar-refractivity contribution is 0.250. The van der Waals surface area contributed by atoms with Gasteiger partial charge in [-0.1, -0.05) is 48.5 Å². The maximum absolute atomic E-state index is 12.4. The van der Waals surface area contributed by atoms with E-state index in [0.29, 0.717) is 5.69 Å². The number of piperazine rings is 1. The lowest BCUT2D eigenvalue weighted by atomic mass is 10.1. The molecule has 6 heteroatoms. The number of rotatable bonds is 6. The minimum absolute atomic E-state index is 0.264. The van der Waals surface area contributed by atoms with Crippen molar-refractivity contribution in [3.05, 3.63) is 90.5 Å². The number of sulfonamides is 1. The fourth-order valence-corrected chi connectivity index (χ4v) is 4.63. The third-order valence-corrected chi connectivity index (χ3v) is 6.56. The number of anilines is 2. The average molecular weight is 408 g/mol. The number of nitrogens with zero attached hydrogens (tertiary/aromatic N) is 2. The third kappa shape index (κ3) is 4.96. The fourth-order valence-electron chi connectivity index (χ4n) is 3.55. The summed E-state index contributed by atoms with van der Waals surface area (Å²) in [6.07, 6.45) is 0. The Morgan fingerprint density at radius 3 is 1.93 bits per heavy atom. The molecule has 0 unspecified atom stereocenters. The van der Waals surface area contributed by atoms with Gasteiger partial charge in [-0.15, -0.1) is 0 Å². The summed E-state index contributed by atoms with van der Waals surface area (Å²) in [5.74, 6) is 0. The topological polar surface area (TPSA) is 52.7 Å². The molecule has 1 aliphatic rings. The highest BCUT2D eigenvalue weighted by atomic mass is 32.2. The Hall–Kier alpha value is -2.83. The van der Waals surface area contributed by atoms with E-state index >= 15 is 0 Å². The van der Waals surface area contributed by atoms with Crippen molar-refractivity contribution in [1.29, 1.82) is 0 Å². The summed E-state index contributed by atoms with van der Waals surface area (Å²) in [4.78, 5) is 5.11. The van der Waals surface area contributed by atoms with E-state index in [2.05, 4.69) is 38.8 Å². The van der Waals surface area contributed by atoms with Gasteiger partial charge in [0.25, 0.3) is 10.0 Å². The number of hydrogen-bond acceptors (Lipinski definition) is 4. The molecule has 0 radical (unpaired) electrons. The second-order valence-electron chi connectivity index (χ2n) is 7.21. The second kappa shape index (κ2) is 8.68. The Labute approximate surface area is 172 Å². The predicted octanol–water partition coefficient (Wildman–Crippen LogP) is 3.81. The Kier molecular flexibility index (Phi) is 5.83.